The van der Waals surface area contributed by atoms with Gasteiger partial charge in [-0.25, -0.2) is 13.4 Å². The van der Waals surface area contributed by atoms with Gasteiger partial charge in [-0.2, -0.15) is 0 Å². The number of aryl methyl sites for hydroxylation is 1. The summed E-state index contributed by atoms with van der Waals surface area (Å²) in [5, 5.41) is 3.00. The summed E-state index contributed by atoms with van der Waals surface area (Å²) in [6, 6.07) is 6.90. The van der Waals surface area contributed by atoms with Gasteiger partial charge in [0, 0.05) is 24.2 Å². The highest BCUT2D eigenvalue weighted by Crippen LogP contribution is 2.25. The predicted octanol–water partition coefficient (Wildman–Crippen LogP) is 1.98. The molecule has 0 aliphatic heterocycles. The first-order chi connectivity index (χ1) is 11.8. The second-order valence-corrected chi connectivity index (χ2v) is 7.91. The highest BCUT2D eigenvalue weighted by molar-refractivity contribution is 7.91. The number of hydrogen-bond donors (Lipinski definition) is 1. The van der Waals surface area contributed by atoms with Crippen LogP contribution in [0.4, 0.5) is 0 Å². The number of hydrogen-bond acceptors (Lipinski definition) is 6. The number of methoxy groups -OCH3 is 1. The molecule has 0 atom stereocenters. The van der Waals surface area contributed by atoms with Crippen LogP contribution in [0.2, 0.25) is 5.02 Å². The van der Waals surface area contributed by atoms with E-state index in [9.17, 15) is 13.2 Å². The van der Waals surface area contributed by atoms with E-state index in [0.29, 0.717) is 23.0 Å². The average molecular weight is 387 g/mol. The molecule has 1 heterocycles. The number of nitrogens with zero attached hydrogens (tertiary/aromatic N) is 1. The second-order valence-electron chi connectivity index (χ2n) is 5.41. The van der Waals surface area contributed by atoms with Gasteiger partial charge in [-0.3, -0.25) is 4.79 Å². The Balaban J connectivity index is 2.08. The molecule has 0 unspecified atom stereocenters. The van der Waals surface area contributed by atoms with E-state index in [2.05, 4.69) is 10.3 Å². The van der Waals surface area contributed by atoms with E-state index < -0.39 is 21.5 Å². The molecule has 0 radical (unpaired) electrons. The van der Waals surface area contributed by atoms with E-state index in [0.717, 1.165) is 0 Å². The Kier molecular flexibility index (Phi) is 6.57. The SMILES string of the molecule is COCCNC(=O)CS(=O)(=O)Cc1nc(-c2cccc(Cl)c2)oc1C. The molecule has 136 valence electrons. The van der Waals surface area contributed by atoms with E-state index in [-0.39, 0.29) is 23.9 Å². The van der Waals surface area contributed by atoms with E-state index in [1.165, 1.54) is 7.11 Å². The molecule has 25 heavy (non-hydrogen) atoms. The first-order valence-electron chi connectivity index (χ1n) is 7.49. The van der Waals surface area contributed by atoms with Crippen molar-refractivity contribution in [3.8, 4) is 11.5 Å². The third kappa shape index (κ3) is 5.84. The molecule has 0 saturated heterocycles. The largest absolute Gasteiger partial charge is 0.441 e. The van der Waals surface area contributed by atoms with E-state index >= 15 is 0 Å². The Hall–Kier alpha value is -1.90. The van der Waals surface area contributed by atoms with Crippen molar-refractivity contribution in [2.45, 2.75) is 12.7 Å². The Morgan fingerprint density at radius 2 is 2.16 bits per heavy atom. The van der Waals surface area contributed by atoms with Crippen molar-refractivity contribution >= 4 is 27.3 Å². The van der Waals surface area contributed by atoms with Gasteiger partial charge >= 0.3 is 0 Å². The molecule has 9 heteroatoms. The molecule has 1 amide bonds. The minimum Gasteiger partial charge on any atom is -0.441 e. The number of amides is 1. The lowest BCUT2D eigenvalue weighted by molar-refractivity contribution is -0.118. The van der Waals surface area contributed by atoms with Crippen LogP contribution in [0.25, 0.3) is 11.5 Å². The van der Waals surface area contributed by atoms with Crippen molar-refractivity contribution in [3.05, 3.63) is 40.7 Å². The lowest BCUT2D eigenvalue weighted by atomic mass is 10.2. The minimum absolute atomic E-state index is 0.257. The van der Waals surface area contributed by atoms with Gasteiger partial charge in [-0.15, -0.1) is 0 Å². The predicted molar refractivity (Wildman–Crippen MR) is 94.1 cm³/mol. The van der Waals surface area contributed by atoms with Crippen molar-refractivity contribution in [3.63, 3.8) is 0 Å². The monoisotopic (exact) mass is 386 g/mol. The minimum atomic E-state index is -3.67. The number of halogens is 1. The number of benzene rings is 1. The van der Waals surface area contributed by atoms with Crippen molar-refractivity contribution < 1.29 is 22.4 Å². The number of oxazole rings is 1. The van der Waals surface area contributed by atoms with Gasteiger partial charge in [-0.05, 0) is 25.1 Å². The summed E-state index contributed by atoms with van der Waals surface area (Å²) >= 11 is 5.94. The summed E-state index contributed by atoms with van der Waals surface area (Å²) in [6.07, 6.45) is 0. The number of ether oxygens (including phenoxy) is 1. The fourth-order valence-electron chi connectivity index (χ4n) is 2.11. The maximum atomic E-state index is 12.2. The molecular formula is C16H19ClN2O5S. The Morgan fingerprint density at radius 1 is 1.40 bits per heavy atom. The molecule has 2 aromatic rings. The number of carbonyl (C=O) groups is 1. The molecule has 0 aliphatic rings. The van der Waals surface area contributed by atoms with Crippen LogP contribution < -0.4 is 5.32 Å². The second kappa shape index (κ2) is 8.46. The molecular weight excluding hydrogens is 368 g/mol. The van der Waals surface area contributed by atoms with Gasteiger partial charge in [0.15, 0.2) is 9.84 Å². The molecule has 7 nitrogen and oxygen atoms in total. The molecule has 0 fully saturated rings. The summed E-state index contributed by atoms with van der Waals surface area (Å²) in [5.74, 6) is -0.891. The Morgan fingerprint density at radius 3 is 2.84 bits per heavy atom. The zero-order chi connectivity index (χ0) is 18.4. The number of sulfone groups is 1. The molecule has 1 aromatic carbocycles. The highest BCUT2D eigenvalue weighted by Gasteiger charge is 2.22. The maximum absolute atomic E-state index is 12.2. The van der Waals surface area contributed by atoms with E-state index in [1.807, 2.05) is 0 Å². The van der Waals surface area contributed by atoms with Crippen LogP contribution in [0.5, 0.6) is 0 Å². The standard InChI is InChI=1S/C16H19ClN2O5S/c1-11-14(9-25(21,22)10-15(20)18-6-7-23-2)19-16(24-11)12-4-3-5-13(17)8-12/h3-5,8H,6-7,9-10H2,1-2H3,(H,18,20). The topological polar surface area (TPSA) is 98.5 Å². The molecule has 0 spiro atoms. The first-order valence-corrected chi connectivity index (χ1v) is 9.69. The van der Waals surface area contributed by atoms with Crippen LogP contribution >= 0.6 is 11.6 Å². The third-order valence-corrected chi connectivity index (χ3v) is 4.95. The fourth-order valence-corrected chi connectivity index (χ4v) is 3.59. The van der Waals surface area contributed by atoms with Crippen molar-refractivity contribution in [2.75, 3.05) is 26.0 Å². The van der Waals surface area contributed by atoms with Crippen molar-refractivity contribution in [2.24, 2.45) is 0 Å². The molecule has 1 N–H and O–H groups in total. The van der Waals surface area contributed by atoms with Crippen LogP contribution in [0.3, 0.4) is 0 Å². The van der Waals surface area contributed by atoms with Crippen molar-refractivity contribution in [1.29, 1.82) is 0 Å². The Labute approximate surface area is 151 Å². The van der Waals surface area contributed by atoms with Crippen LogP contribution in [0.1, 0.15) is 11.5 Å². The van der Waals surface area contributed by atoms with Crippen molar-refractivity contribution in [1.82, 2.24) is 10.3 Å². The summed E-state index contributed by atoms with van der Waals surface area (Å²) < 4.78 is 34.7. The summed E-state index contributed by atoms with van der Waals surface area (Å²) in [4.78, 5) is 15.9. The van der Waals surface area contributed by atoms with Gasteiger partial charge in [0.1, 0.15) is 11.5 Å². The maximum Gasteiger partial charge on any atom is 0.235 e. The average Bonchev–Trinajstić information content (AvgIpc) is 2.87. The normalized spacial score (nSPS) is 11.5. The fraction of sp³-hybridized carbons (Fsp3) is 0.375. The van der Waals surface area contributed by atoms with Gasteiger partial charge in [0.05, 0.1) is 18.1 Å². The van der Waals surface area contributed by atoms with Gasteiger partial charge in [0.25, 0.3) is 0 Å². The van der Waals surface area contributed by atoms with Crippen LogP contribution in [0, 0.1) is 6.92 Å². The third-order valence-electron chi connectivity index (χ3n) is 3.30. The van der Waals surface area contributed by atoms with Crippen LogP contribution in [-0.2, 0) is 25.1 Å². The summed E-state index contributed by atoms with van der Waals surface area (Å²) in [7, 11) is -2.18. The lowest BCUT2D eigenvalue weighted by Crippen LogP contribution is -2.33. The van der Waals surface area contributed by atoms with Gasteiger partial charge < -0.3 is 14.5 Å². The molecule has 0 bridgehead atoms. The van der Waals surface area contributed by atoms with E-state index in [4.69, 9.17) is 20.8 Å². The molecule has 0 aliphatic carbocycles. The van der Waals surface area contributed by atoms with Crippen LogP contribution in [0.15, 0.2) is 28.7 Å². The molecule has 0 saturated carbocycles. The van der Waals surface area contributed by atoms with Crippen LogP contribution in [-0.4, -0.2) is 45.3 Å². The van der Waals surface area contributed by atoms with E-state index in [1.54, 1.807) is 31.2 Å². The lowest BCUT2D eigenvalue weighted by Gasteiger charge is -2.05. The molecule has 2 rings (SSSR count). The Bertz CT molecular complexity index is 848. The molecule has 1 aromatic heterocycles. The number of nitrogens with one attached hydrogen (secondary N) is 1. The summed E-state index contributed by atoms with van der Waals surface area (Å²) in [5.41, 5.74) is 0.927. The smallest absolute Gasteiger partial charge is 0.235 e. The van der Waals surface area contributed by atoms with Gasteiger partial charge in [-0.1, -0.05) is 17.7 Å². The zero-order valence-electron chi connectivity index (χ0n) is 13.9. The zero-order valence-corrected chi connectivity index (χ0v) is 15.5. The number of rotatable bonds is 8. The summed E-state index contributed by atoms with van der Waals surface area (Å²) in [6.45, 7) is 2.20. The highest BCUT2D eigenvalue weighted by atomic mass is 35.5. The first kappa shape index (κ1) is 19.4. The van der Waals surface area contributed by atoms with Gasteiger partial charge in [0.2, 0.25) is 11.8 Å². The quantitative estimate of drug-likeness (QED) is 0.696. The number of aromatic nitrogens is 1. The number of carbonyl (C=O) groups excluding carboxylic acids is 1.